The molecule has 4 nitrogen and oxygen atoms in total. The van der Waals surface area contributed by atoms with Gasteiger partial charge in [0.15, 0.2) is 0 Å². The van der Waals surface area contributed by atoms with Crippen LogP contribution in [0.3, 0.4) is 0 Å². The number of nitrogens with zero attached hydrogens (tertiary/aromatic N) is 1. The van der Waals surface area contributed by atoms with E-state index < -0.39 is 0 Å². The largest absolute Gasteiger partial charge is 0.397 e. The van der Waals surface area contributed by atoms with Crippen molar-refractivity contribution in [3.05, 3.63) is 45.6 Å². The van der Waals surface area contributed by atoms with Crippen LogP contribution in [0.25, 0.3) is 0 Å². The summed E-state index contributed by atoms with van der Waals surface area (Å²) in [6.07, 6.45) is 0. The maximum absolute atomic E-state index is 12.0. The predicted molar refractivity (Wildman–Crippen MR) is 72.6 cm³/mol. The lowest BCUT2D eigenvalue weighted by Gasteiger charge is -2.08. The number of amides is 1. The number of rotatable bonds is 2. The summed E-state index contributed by atoms with van der Waals surface area (Å²) in [6.45, 7) is 1.87. The lowest BCUT2D eigenvalue weighted by atomic mass is 10.1. The summed E-state index contributed by atoms with van der Waals surface area (Å²) in [6, 6.07) is 8.89. The lowest BCUT2D eigenvalue weighted by molar-refractivity contribution is 0.103. The van der Waals surface area contributed by atoms with Crippen LogP contribution >= 0.6 is 11.3 Å². The topological polar surface area (TPSA) is 78.9 Å². The van der Waals surface area contributed by atoms with Crippen LogP contribution in [0.4, 0.5) is 11.4 Å². The van der Waals surface area contributed by atoms with Crippen molar-refractivity contribution in [2.45, 2.75) is 6.92 Å². The van der Waals surface area contributed by atoms with Gasteiger partial charge < -0.3 is 11.1 Å². The van der Waals surface area contributed by atoms with Crippen molar-refractivity contribution in [3.8, 4) is 6.07 Å². The third-order valence-corrected chi connectivity index (χ3v) is 3.45. The fraction of sp³-hybridized carbons (Fsp3) is 0.0769. The van der Waals surface area contributed by atoms with E-state index >= 15 is 0 Å². The van der Waals surface area contributed by atoms with Crippen molar-refractivity contribution in [2.75, 3.05) is 11.1 Å². The Labute approximate surface area is 109 Å². The molecule has 3 N–H and O–H groups in total. The molecule has 1 amide bonds. The average Bonchev–Trinajstić information content (AvgIpc) is 2.78. The highest BCUT2D eigenvalue weighted by Crippen LogP contribution is 2.22. The first-order chi connectivity index (χ1) is 8.61. The monoisotopic (exact) mass is 257 g/mol. The molecule has 0 saturated heterocycles. The van der Waals surface area contributed by atoms with Crippen molar-refractivity contribution >= 4 is 28.6 Å². The summed E-state index contributed by atoms with van der Waals surface area (Å²) in [4.78, 5) is 12.5. The minimum absolute atomic E-state index is 0.249. The van der Waals surface area contributed by atoms with E-state index in [9.17, 15) is 4.79 Å². The number of hydrogen-bond acceptors (Lipinski definition) is 4. The number of nitrogens with two attached hydrogens (primary N) is 1. The van der Waals surface area contributed by atoms with Gasteiger partial charge in [0.2, 0.25) is 0 Å². The van der Waals surface area contributed by atoms with Gasteiger partial charge in [-0.05, 0) is 36.1 Å². The molecule has 0 bridgehead atoms. The number of benzene rings is 1. The lowest BCUT2D eigenvalue weighted by Crippen LogP contribution is -2.12. The highest BCUT2D eigenvalue weighted by Gasteiger charge is 2.12. The normalized spacial score (nSPS) is 9.78. The van der Waals surface area contributed by atoms with Crippen LogP contribution < -0.4 is 11.1 Å². The number of anilines is 2. The Morgan fingerprint density at radius 2 is 2.22 bits per heavy atom. The Kier molecular flexibility index (Phi) is 3.31. The molecule has 1 aromatic heterocycles. The number of carbonyl (C=O) groups excluding carboxylic acids is 1. The van der Waals surface area contributed by atoms with Crippen molar-refractivity contribution < 1.29 is 4.79 Å². The molecule has 2 rings (SSSR count). The van der Waals surface area contributed by atoms with Gasteiger partial charge in [-0.25, -0.2) is 0 Å². The molecular weight excluding hydrogens is 246 g/mol. The van der Waals surface area contributed by atoms with Crippen molar-refractivity contribution in [2.24, 2.45) is 0 Å². The summed E-state index contributed by atoms with van der Waals surface area (Å²) in [5.41, 5.74) is 8.19. The van der Waals surface area contributed by atoms with Crippen molar-refractivity contribution in [3.63, 3.8) is 0 Å². The van der Waals surface area contributed by atoms with Gasteiger partial charge in [0.1, 0.15) is 4.88 Å². The summed E-state index contributed by atoms with van der Waals surface area (Å²) in [5, 5.41) is 13.4. The standard InChI is InChI=1S/C13H11N3OS/c1-8-2-3-9(7-14)6-11(8)16-13(17)12-10(15)4-5-18-12/h2-6H,15H2,1H3,(H,16,17). The smallest absolute Gasteiger partial charge is 0.267 e. The summed E-state index contributed by atoms with van der Waals surface area (Å²) < 4.78 is 0. The Bertz CT molecular complexity index is 640. The van der Waals surface area contributed by atoms with Gasteiger partial charge in [-0.3, -0.25) is 4.79 Å². The molecule has 0 aliphatic carbocycles. The van der Waals surface area contributed by atoms with Gasteiger partial charge in [0.05, 0.1) is 17.3 Å². The van der Waals surface area contributed by atoms with Crippen LogP contribution in [0.1, 0.15) is 20.8 Å². The van der Waals surface area contributed by atoms with Crippen molar-refractivity contribution in [1.29, 1.82) is 5.26 Å². The zero-order chi connectivity index (χ0) is 13.1. The van der Waals surface area contributed by atoms with Gasteiger partial charge in [-0.1, -0.05) is 6.07 Å². The average molecular weight is 257 g/mol. The number of nitrogen functional groups attached to an aromatic ring is 1. The molecule has 0 atom stereocenters. The minimum atomic E-state index is -0.249. The van der Waals surface area contributed by atoms with E-state index in [1.807, 2.05) is 13.0 Å². The second-order valence-corrected chi connectivity index (χ2v) is 4.72. The van der Waals surface area contributed by atoms with Gasteiger partial charge in [-0.2, -0.15) is 5.26 Å². The van der Waals surface area contributed by atoms with E-state index in [2.05, 4.69) is 5.32 Å². The summed E-state index contributed by atoms with van der Waals surface area (Å²) in [7, 11) is 0. The molecule has 0 fully saturated rings. The van der Waals surface area contributed by atoms with Crippen LogP contribution in [0, 0.1) is 18.3 Å². The molecule has 1 aromatic carbocycles. The van der Waals surface area contributed by atoms with Crippen LogP contribution in [0.5, 0.6) is 0 Å². The third-order valence-electron chi connectivity index (χ3n) is 2.52. The molecule has 1 heterocycles. The van der Waals surface area contributed by atoms with E-state index in [0.717, 1.165) is 5.56 Å². The predicted octanol–water partition coefficient (Wildman–Crippen LogP) is 2.76. The van der Waals surface area contributed by atoms with E-state index in [1.165, 1.54) is 11.3 Å². The summed E-state index contributed by atoms with van der Waals surface area (Å²) in [5.74, 6) is -0.249. The molecule has 90 valence electrons. The molecule has 0 aliphatic rings. The Morgan fingerprint density at radius 1 is 1.44 bits per heavy atom. The highest BCUT2D eigenvalue weighted by atomic mass is 32.1. The zero-order valence-electron chi connectivity index (χ0n) is 9.73. The first-order valence-corrected chi connectivity index (χ1v) is 6.15. The molecule has 0 unspecified atom stereocenters. The fourth-order valence-electron chi connectivity index (χ4n) is 1.51. The van der Waals surface area contributed by atoms with Gasteiger partial charge in [0.25, 0.3) is 5.91 Å². The number of aryl methyl sites for hydroxylation is 1. The number of thiophene rings is 1. The minimum Gasteiger partial charge on any atom is -0.397 e. The Hall–Kier alpha value is -2.32. The van der Waals surface area contributed by atoms with Gasteiger partial charge >= 0.3 is 0 Å². The first-order valence-electron chi connectivity index (χ1n) is 5.27. The van der Waals surface area contributed by atoms with Crippen LogP contribution in [0.15, 0.2) is 29.6 Å². The number of carbonyl (C=O) groups is 1. The fourth-order valence-corrected chi connectivity index (χ4v) is 2.22. The Morgan fingerprint density at radius 3 is 2.83 bits per heavy atom. The first kappa shape index (κ1) is 12.1. The quantitative estimate of drug-likeness (QED) is 0.868. The van der Waals surface area contributed by atoms with E-state index in [0.29, 0.717) is 21.8 Å². The van der Waals surface area contributed by atoms with Gasteiger partial charge in [0, 0.05) is 5.69 Å². The van der Waals surface area contributed by atoms with Gasteiger partial charge in [-0.15, -0.1) is 11.3 Å². The number of hydrogen-bond donors (Lipinski definition) is 2. The van der Waals surface area contributed by atoms with Crippen LogP contribution in [-0.2, 0) is 0 Å². The molecule has 0 aliphatic heterocycles. The molecule has 0 saturated carbocycles. The van der Waals surface area contributed by atoms with E-state index in [1.54, 1.807) is 29.6 Å². The van der Waals surface area contributed by atoms with Crippen LogP contribution in [0.2, 0.25) is 0 Å². The highest BCUT2D eigenvalue weighted by molar-refractivity contribution is 7.12. The second-order valence-electron chi connectivity index (χ2n) is 3.80. The molecule has 0 spiro atoms. The maximum atomic E-state index is 12.0. The molecule has 0 radical (unpaired) electrons. The summed E-state index contributed by atoms with van der Waals surface area (Å²) >= 11 is 1.29. The Balaban J connectivity index is 2.27. The molecule has 18 heavy (non-hydrogen) atoms. The number of nitrogens with one attached hydrogen (secondary N) is 1. The molecule has 5 heteroatoms. The van der Waals surface area contributed by atoms with E-state index in [4.69, 9.17) is 11.0 Å². The van der Waals surface area contributed by atoms with Crippen LogP contribution in [-0.4, -0.2) is 5.91 Å². The zero-order valence-corrected chi connectivity index (χ0v) is 10.5. The second kappa shape index (κ2) is 4.90. The SMILES string of the molecule is Cc1ccc(C#N)cc1NC(=O)c1sccc1N. The molecular formula is C13H11N3OS. The number of nitriles is 1. The maximum Gasteiger partial charge on any atom is 0.267 e. The third kappa shape index (κ3) is 2.34. The van der Waals surface area contributed by atoms with E-state index in [-0.39, 0.29) is 5.91 Å². The molecule has 2 aromatic rings. The van der Waals surface area contributed by atoms with Crippen molar-refractivity contribution in [1.82, 2.24) is 0 Å².